The van der Waals surface area contributed by atoms with E-state index >= 15 is 0 Å². The van der Waals surface area contributed by atoms with Gasteiger partial charge in [0.1, 0.15) is 11.3 Å². The van der Waals surface area contributed by atoms with Crippen LogP contribution < -0.4 is 15.8 Å². The fourth-order valence-electron chi connectivity index (χ4n) is 4.79. The van der Waals surface area contributed by atoms with Crippen molar-refractivity contribution >= 4 is 22.9 Å². The van der Waals surface area contributed by atoms with Gasteiger partial charge in [0.25, 0.3) is 5.56 Å². The first-order chi connectivity index (χ1) is 17.5. The molecular weight excluding hydrogens is 454 g/mol. The molecule has 1 fully saturated rings. The highest BCUT2D eigenvalue weighted by molar-refractivity contribution is 5.79. The minimum absolute atomic E-state index is 0.00897. The van der Waals surface area contributed by atoms with E-state index in [1.165, 1.54) is 5.56 Å². The van der Waals surface area contributed by atoms with E-state index in [0.29, 0.717) is 55.9 Å². The number of carbonyl (C=O) groups excluding carboxylic acids is 1. The number of hydrogen-bond donors (Lipinski definition) is 1. The van der Waals surface area contributed by atoms with Crippen LogP contribution in [0.4, 0.5) is 5.82 Å². The van der Waals surface area contributed by atoms with E-state index in [0.717, 1.165) is 11.3 Å². The van der Waals surface area contributed by atoms with Gasteiger partial charge in [0.05, 0.1) is 12.8 Å². The molecule has 3 aromatic heterocycles. The number of furan rings is 1. The number of anilines is 1. The second-order valence-electron chi connectivity index (χ2n) is 9.61. The van der Waals surface area contributed by atoms with Crippen molar-refractivity contribution < 1.29 is 9.21 Å². The number of amides is 1. The fraction of sp³-hybridized carbons (Fsp3) is 0.357. The molecule has 1 amide bonds. The van der Waals surface area contributed by atoms with Gasteiger partial charge in [-0.05, 0) is 56.5 Å². The van der Waals surface area contributed by atoms with Gasteiger partial charge in [0.15, 0.2) is 11.5 Å². The van der Waals surface area contributed by atoms with E-state index in [1.807, 2.05) is 67.3 Å². The minimum Gasteiger partial charge on any atom is -0.469 e. The number of benzene rings is 1. The number of pyridine rings is 1. The third-order valence-electron chi connectivity index (χ3n) is 6.79. The Labute approximate surface area is 210 Å². The number of carbonyl (C=O) groups is 1. The summed E-state index contributed by atoms with van der Waals surface area (Å²) in [5.74, 6) is 1.25. The van der Waals surface area contributed by atoms with Crippen LogP contribution in [-0.4, -0.2) is 39.6 Å². The normalized spacial score (nSPS) is 15.2. The number of hydrogen-bond acceptors (Lipinski definition) is 6. The first kappa shape index (κ1) is 23.8. The van der Waals surface area contributed by atoms with Gasteiger partial charge in [-0.1, -0.05) is 29.8 Å². The van der Waals surface area contributed by atoms with Gasteiger partial charge in [-0.25, -0.2) is 9.97 Å². The summed E-state index contributed by atoms with van der Waals surface area (Å²) in [7, 11) is 0. The lowest BCUT2D eigenvalue weighted by Crippen LogP contribution is -2.45. The minimum atomic E-state index is -0.156. The number of aryl methyl sites for hydroxylation is 1. The molecule has 1 aliphatic rings. The lowest BCUT2D eigenvalue weighted by molar-refractivity contribution is -0.126. The Kier molecular flexibility index (Phi) is 6.84. The second-order valence-corrected chi connectivity index (χ2v) is 9.61. The Balaban J connectivity index is 1.31. The molecule has 0 bridgehead atoms. The lowest BCUT2D eigenvalue weighted by Gasteiger charge is -2.32. The number of rotatable bonds is 7. The Morgan fingerprint density at radius 1 is 1.14 bits per heavy atom. The highest BCUT2D eigenvalue weighted by Gasteiger charge is 2.28. The zero-order valence-corrected chi connectivity index (χ0v) is 20.7. The zero-order chi connectivity index (χ0) is 25.1. The molecule has 1 atom stereocenters. The summed E-state index contributed by atoms with van der Waals surface area (Å²) in [6.07, 6.45) is 5.33. The SMILES string of the molecule is Cc1ccc(Cn2c(=O)c(N3CCC(C(=O)NC(C)Cc4ccco4)CC3)nc3cccnc32)cc1. The predicted octanol–water partition coefficient (Wildman–Crippen LogP) is 3.71. The van der Waals surface area contributed by atoms with E-state index in [9.17, 15) is 9.59 Å². The van der Waals surface area contributed by atoms with Crippen LogP contribution in [0.3, 0.4) is 0 Å². The largest absolute Gasteiger partial charge is 0.469 e. The van der Waals surface area contributed by atoms with Crippen molar-refractivity contribution in [1.29, 1.82) is 0 Å². The van der Waals surface area contributed by atoms with Crippen LogP contribution >= 0.6 is 0 Å². The molecule has 1 N–H and O–H groups in total. The maximum absolute atomic E-state index is 13.6. The standard InChI is InChI=1S/C28H31N5O3/c1-19-7-9-21(10-8-19)18-33-25-24(6-3-13-29-25)31-26(28(33)35)32-14-11-22(12-15-32)27(34)30-20(2)17-23-5-4-16-36-23/h3-10,13,16,20,22H,11-12,14-15,17-18H2,1-2H3,(H,30,34). The summed E-state index contributed by atoms with van der Waals surface area (Å²) in [4.78, 5) is 37.6. The van der Waals surface area contributed by atoms with Crippen molar-refractivity contribution in [3.05, 3.63) is 88.2 Å². The summed E-state index contributed by atoms with van der Waals surface area (Å²) in [6, 6.07) is 15.6. The fourth-order valence-corrected chi connectivity index (χ4v) is 4.79. The average molecular weight is 486 g/mol. The molecule has 5 rings (SSSR count). The highest BCUT2D eigenvalue weighted by Crippen LogP contribution is 2.22. The molecule has 0 aliphatic carbocycles. The van der Waals surface area contributed by atoms with E-state index in [2.05, 4.69) is 10.3 Å². The maximum Gasteiger partial charge on any atom is 0.295 e. The van der Waals surface area contributed by atoms with E-state index in [1.54, 1.807) is 17.0 Å². The van der Waals surface area contributed by atoms with E-state index in [4.69, 9.17) is 9.40 Å². The summed E-state index contributed by atoms with van der Waals surface area (Å²) in [5.41, 5.74) is 3.31. The topological polar surface area (TPSA) is 93.3 Å². The van der Waals surface area contributed by atoms with Crippen LogP contribution in [0.15, 0.2) is 70.2 Å². The molecule has 1 saturated heterocycles. The average Bonchev–Trinajstić information content (AvgIpc) is 3.39. The quantitative estimate of drug-likeness (QED) is 0.429. The number of nitrogens with zero attached hydrogens (tertiary/aromatic N) is 4. The molecule has 1 aromatic carbocycles. The first-order valence-electron chi connectivity index (χ1n) is 12.5. The molecule has 4 aromatic rings. The van der Waals surface area contributed by atoms with E-state index in [-0.39, 0.29) is 23.4 Å². The van der Waals surface area contributed by atoms with Crippen LogP contribution in [0.5, 0.6) is 0 Å². The van der Waals surface area contributed by atoms with Crippen molar-refractivity contribution in [2.75, 3.05) is 18.0 Å². The van der Waals surface area contributed by atoms with Gasteiger partial charge in [-0.2, -0.15) is 0 Å². The molecule has 1 unspecified atom stereocenters. The Hall–Kier alpha value is -3.94. The molecule has 8 nitrogen and oxygen atoms in total. The Bertz CT molecular complexity index is 1390. The van der Waals surface area contributed by atoms with Gasteiger partial charge >= 0.3 is 0 Å². The van der Waals surface area contributed by atoms with Crippen LogP contribution in [0.25, 0.3) is 11.2 Å². The highest BCUT2D eigenvalue weighted by atomic mass is 16.3. The van der Waals surface area contributed by atoms with Crippen LogP contribution in [0.2, 0.25) is 0 Å². The van der Waals surface area contributed by atoms with Gasteiger partial charge < -0.3 is 14.6 Å². The molecule has 0 radical (unpaired) electrons. The Morgan fingerprint density at radius 2 is 1.92 bits per heavy atom. The van der Waals surface area contributed by atoms with Gasteiger partial charge in [0.2, 0.25) is 5.91 Å². The van der Waals surface area contributed by atoms with Crippen LogP contribution in [-0.2, 0) is 17.8 Å². The molecule has 0 saturated carbocycles. The zero-order valence-electron chi connectivity index (χ0n) is 20.7. The molecule has 36 heavy (non-hydrogen) atoms. The van der Waals surface area contributed by atoms with Crippen molar-refractivity contribution in [3.8, 4) is 0 Å². The lowest BCUT2D eigenvalue weighted by atomic mass is 9.95. The van der Waals surface area contributed by atoms with Crippen LogP contribution in [0, 0.1) is 12.8 Å². The van der Waals surface area contributed by atoms with Gasteiger partial charge in [-0.15, -0.1) is 0 Å². The number of nitrogens with one attached hydrogen (secondary N) is 1. The first-order valence-corrected chi connectivity index (χ1v) is 12.5. The van der Waals surface area contributed by atoms with Gasteiger partial charge in [0, 0.05) is 37.7 Å². The predicted molar refractivity (Wildman–Crippen MR) is 139 cm³/mol. The second kappa shape index (κ2) is 10.4. The maximum atomic E-state index is 13.6. The third kappa shape index (κ3) is 5.17. The number of aromatic nitrogens is 3. The van der Waals surface area contributed by atoms with Crippen LogP contribution in [0.1, 0.15) is 36.7 Å². The van der Waals surface area contributed by atoms with Crippen molar-refractivity contribution in [3.63, 3.8) is 0 Å². The summed E-state index contributed by atoms with van der Waals surface area (Å²) in [5, 5.41) is 3.11. The summed E-state index contributed by atoms with van der Waals surface area (Å²) >= 11 is 0. The Morgan fingerprint density at radius 3 is 2.64 bits per heavy atom. The smallest absolute Gasteiger partial charge is 0.295 e. The molecule has 0 spiro atoms. The molecule has 1 aliphatic heterocycles. The molecule has 4 heterocycles. The molecular formula is C28H31N5O3. The summed E-state index contributed by atoms with van der Waals surface area (Å²) in [6.45, 7) is 5.65. The molecule has 186 valence electrons. The third-order valence-corrected chi connectivity index (χ3v) is 6.79. The van der Waals surface area contributed by atoms with Crippen molar-refractivity contribution in [2.24, 2.45) is 5.92 Å². The van der Waals surface area contributed by atoms with Crippen molar-refractivity contribution in [2.45, 2.75) is 45.7 Å². The summed E-state index contributed by atoms with van der Waals surface area (Å²) < 4.78 is 7.09. The van der Waals surface area contributed by atoms with Crippen molar-refractivity contribution in [1.82, 2.24) is 19.9 Å². The molecule has 8 heteroatoms. The van der Waals surface area contributed by atoms with Gasteiger partial charge in [-0.3, -0.25) is 14.2 Å². The number of fused-ring (bicyclic) bond motifs is 1. The number of piperidine rings is 1. The monoisotopic (exact) mass is 485 g/mol. The van der Waals surface area contributed by atoms with E-state index < -0.39 is 0 Å².